The summed E-state index contributed by atoms with van der Waals surface area (Å²) in [4.78, 5) is 16.3. The van der Waals surface area contributed by atoms with Gasteiger partial charge in [0, 0.05) is 44.7 Å². The molecule has 148 valence electrons. The lowest BCUT2D eigenvalue weighted by atomic mass is 10.1. The fraction of sp³-hybridized carbons (Fsp3) is 0.588. The molecule has 0 aromatic heterocycles. The Hall–Kier alpha value is -1.15. The summed E-state index contributed by atoms with van der Waals surface area (Å²) in [5.41, 5.74) is 1.11. The van der Waals surface area contributed by atoms with Crippen molar-refractivity contribution in [2.45, 2.75) is 24.9 Å². The summed E-state index contributed by atoms with van der Waals surface area (Å²) >= 11 is 0. The second-order valence-electron chi connectivity index (χ2n) is 6.41. The molecule has 1 aromatic carbocycles. The molecule has 0 radical (unpaired) electrons. The monoisotopic (exact) mass is 411 g/mol. The van der Waals surface area contributed by atoms with E-state index in [1.165, 1.54) is 0 Å². The van der Waals surface area contributed by atoms with Crippen molar-refractivity contribution in [1.29, 1.82) is 0 Å². The first-order valence-corrected chi connectivity index (χ1v) is 8.23. The summed E-state index contributed by atoms with van der Waals surface area (Å²) in [5, 5.41) is 2.64. The Kier molecular flexibility index (Phi) is 8.53. The number of carbonyl (C=O) groups is 1. The molecule has 0 bridgehead atoms. The minimum atomic E-state index is -2.77. The molecule has 9 heteroatoms. The number of carbonyl (C=O) groups excluding carboxylic acids is 1. The minimum Gasteiger partial charge on any atom is -0.496 e. The standard InChI is InChI=1S/C17H23F2N3O2.2ClH/c1-24-15-5-3-2-4-13(15)11-21-6-8-22(9-7-21)16(23)14-10-17(18,19)12-20-14;;/h2-5,14,20H,6-12H2,1H3;2*1H. The number of methoxy groups -OCH3 is 1. The third kappa shape index (κ3) is 5.42. The quantitative estimate of drug-likeness (QED) is 0.824. The maximum Gasteiger partial charge on any atom is 0.262 e. The van der Waals surface area contributed by atoms with Crippen LogP contribution in [0.15, 0.2) is 24.3 Å². The average molecular weight is 412 g/mol. The predicted octanol–water partition coefficient (Wildman–Crippen LogP) is 2.18. The number of piperazine rings is 1. The van der Waals surface area contributed by atoms with E-state index in [-0.39, 0.29) is 30.7 Å². The van der Waals surface area contributed by atoms with Crippen molar-refractivity contribution < 1.29 is 18.3 Å². The van der Waals surface area contributed by atoms with Gasteiger partial charge < -0.3 is 9.64 Å². The summed E-state index contributed by atoms with van der Waals surface area (Å²) in [7, 11) is 1.65. The Bertz CT molecular complexity index is 599. The van der Waals surface area contributed by atoms with Gasteiger partial charge in [0.25, 0.3) is 5.92 Å². The average Bonchev–Trinajstić information content (AvgIpc) is 2.95. The molecule has 1 amide bonds. The number of ether oxygens (including phenoxy) is 1. The summed E-state index contributed by atoms with van der Waals surface area (Å²) in [5.74, 6) is -2.12. The first-order chi connectivity index (χ1) is 11.5. The highest BCUT2D eigenvalue weighted by atomic mass is 35.5. The molecule has 1 aromatic rings. The molecule has 1 N–H and O–H groups in total. The van der Waals surface area contributed by atoms with Crippen LogP contribution in [0, 0.1) is 0 Å². The van der Waals surface area contributed by atoms with Gasteiger partial charge in [-0.3, -0.25) is 15.0 Å². The molecule has 1 atom stereocenters. The van der Waals surface area contributed by atoms with Crippen molar-refractivity contribution in [3.05, 3.63) is 29.8 Å². The number of hydrogen-bond donors (Lipinski definition) is 1. The second-order valence-corrected chi connectivity index (χ2v) is 6.41. The smallest absolute Gasteiger partial charge is 0.262 e. The van der Waals surface area contributed by atoms with Crippen molar-refractivity contribution >= 4 is 30.7 Å². The Labute approximate surface area is 164 Å². The van der Waals surface area contributed by atoms with E-state index in [1.807, 2.05) is 24.3 Å². The molecular weight excluding hydrogens is 387 g/mol. The van der Waals surface area contributed by atoms with E-state index in [0.29, 0.717) is 13.1 Å². The number of rotatable bonds is 4. The molecule has 2 aliphatic heterocycles. The maximum absolute atomic E-state index is 13.2. The van der Waals surface area contributed by atoms with E-state index in [1.54, 1.807) is 12.0 Å². The molecule has 5 nitrogen and oxygen atoms in total. The molecule has 3 rings (SSSR count). The van der Waals surface area contributed by atoms with Gasteiger partial charge >= 0.3 is 0 Å². The van der Waals surface area contributed by atoms with E-state index >= 15 is 0 Å². The number of nitrogens with zero attached hydrogens (tertiary/aromatic N) is 2. The van der Waals surface area contributed by atoms with Gasteiger partial charge in [-0.1, -0.05) is 18.2 Å². The SMILES string of the molecule is COc1ccccc1CN1CCN(C(=O)C2CC(F)(F)CN2)CC1.Cl.Cl. The Morgan fingerprint density at radius 1 is 1.23 bits per heavy atom. The lowest BCUT2D eigenvalue weighted by Gasteiger charge is -2.36. The van der Waals surface area contributed by atoms with Gasteiger partial charge in [0.1, 0.15) is 5.75 Å². The third-order valence-electron chi connectivity index (χ3n) is 4.68. The van der Waals surface area contributed by atoms with Gasteiger partial charge in [0.15, 0.2) is 0 Å². The maximum atomic E-state index is 13.2. The van der Waals surface area contributed by atoms with E-state index in [2.05, 4.69) is 10.2 Å². The summed E-state index contributed by atoms with van der Waals surface area (Å²) in [6.07, 6.45) is -0.396. The Morgan fingerprint density at radius 3 is 2.46 bits per heavy atom. The highest BCUT2D eigenvalue weighted by molar-refractivity contribution is 5.85. The molecule has 2 fully saturated rings. The van der Waals surface area contributed by atoms with Gasteiger partial charge in [-0.2, -0.15) is 0 Å². The number of nitrogens with one attached hydrogen (secondary N) is 1. The second kappa shape index (κ2) is 9.69. The van der Waals surface area contributed by atoms with Crippen molar-refractivity contribution in [1.82, 2.24) is 15.1 Å². The molecule has 2 saturated heterocycles. The zero-order valence-corrected chi connectivity index (χ0v) is 16.3. The third-order valence-corrected chi connectivity index (χ3v) is 4.68. The zero-order chi connectivity index (χ0) is 17.2. The number of alkyl halides is 2. The van der Waals surface area contributed by atoms with Crippen LogP contribution < -0.4 is 10.1 Å². The first-order valence-electron chi connectivity index (χ1n) is 8.23. The van der Waals surface area contributed by atoms with Crippen LogP contribution >= 0.6 is 24.8 Å². The Morgan fingerprint density at radius 2 is 1.88 bits per heavy atom. The molecule has 2 heterocycles. The highest BCUT2D eigenvalue weighted by Gasteiger charge is 2.43. The Balaban J connectivity index is 0.00000169. The van der Waals surface area contributed by atoms with Gasteiger partial charge in [-0.05, 0) is 6.07 Å². The molecule has 0 spiro atoms. The van der Waals surface area contributed by atoms with Crippen molar-refractivity contribution in [2.24, 2.45) is 0 Å². The number of para-hydroxylation sites is 1. The highest BCUT2D eigenvalue weighted by Crippen LogP contribution is 2.26. The van der Waals surface area contributed by atoms with Gasteiger partial charge in [0.05, 0.1) is 19.7 Å². The van der Waals surface area contributed by atoms with Gasteiger partial charge in [0.2, 0.25) is 5.91 Å². The van der Waals surface area contributed by atoms with Gasteiger partial charge in [-0.25, -0.2) is 8.78 Å². The van der Waals surface area contributed by atoms with Crippen LogP contribution in [0.2, 0.25) is 0 Å². The number of halogens is 4. The van der Waals surface area contributed by atoms with E-state index in [4.69, 9.17) is 4.74 Å². The van der Waals surface area contributed by atoms with Crippen LogP contribution in [0.1, 0.15) is 12.0 Å². The number of amides is 1. The summed E-state index contributed by atoms with van der Waals surface area (Å²) in [6, 6.07) is 7.12. The van der Waals surface area contributed by atoms with Crippen LogP contribution in [-0.4, -0.2) is 67.5 Å². The lowest BCUT2D eigenvalue weighted by molar-refractivity contribution is -0.135. The van der Waals surface area contributed by atoms with E-state index in [0.717, 1.165) is 30.9 Å². The fourth-order valence-electron chi connectivity index (χ4n) is 3.31. The predicted molar refractivity (Wildman–Crippen MR) is 101 cm³/mol. The van der Waals surface area contributed by atoms with Crippen molar-refractivity contribution in [3.63, 3.8) is 0 Å². The molecule has 0 saturated carbocycles. The molecular formula is C17H25Cl2F2N3O2. The van der Waals surface area contributed by atoms with Crippen LogP contribution in [0.25, 0.3) is 0 Å². The molecule has 2 aliphatic rings. The normalized spacial score (nSPS) is 22.3. The minimum absolute atomic E-state index is 0. The van der Waals surface area contributed by atoms with Crippen molar-refractivity contribution in [3.8, 4) is 5.75 Å². The van der Waals surface area contributed by atoms with Crippen LogP contribution in [-0.2, 0) is 11.3 Å². The van der Waals surface area contributed by atoms with Crippen LogP contribution in [0.5, 0.6) is 5.75 Å². The molecule has 26 heavy (non-hydrogen) atoms. The van der Waals surface area contributed by atoms with Crippen LogP contribution in [0.4, 0.5) is 8.78 Å². The number of hydrogen-bond acceptors (Lipinski definition) is 4. The first kappa shape index (κ1) is 22.9. The summed E-state index contributed by atoms with van der Waals surface area (Å²) in [6.45, 7) is 2.94. The fourth-order valence-corrected chi connectivity index (χ4v) is 3.31. The van der Waals surface area contributed by atoms with E-state index < -0.39 is 24.9 Å². The summed E-state index contributed by atoms with van der Waals surface area (Å²) < 4.78 is 31.9. The lowest BCUT2D eigenvalue weighted by Crippen LogP contribution is -2.52. The molecule has 1 unspecified atom stereocenters. The topological polar surface area (TPSA) is 44.8 Å². The van der Waals surface area contributed by atoms with Gasteiger partial charge in [-0.15, -0.1) is 24.8 Å². The zero-order valence-electron chi connectivity index (χ0n) is 14.6. The van der Waals surface area contributed by atoms with E-state index in [9.17, 15) is 13.6 Å². The largest absolute Gasteiger partial charge is 0.496 e. The van der Waals surface area contributed by atoms with Crippen LogP contribution in [0.3, 0.4) is 0 Å². The van der Waals surface area contributed by atoms with Crippen molar-refractivity contribution in [2.75, 3.05) is 39.8 Å². The number of benzene rings is 1. The molecule has 0 aliphatic carbocycles.